The number of piperazine rings is 1. The average molecular weight is 317 g/mol. The van der Waals surface area contributed by atoms with Crippen LogP contribution in [-0.4, -0.2) is 60.2 Å². The molecule has 2 aromatic rings. The average Bonchev–Trinajstić information content (AvgIpc) is 3.01. The Labute approximate surface area is 135 Å². The van der Waals surface area contributed by atoms with Crippen LogP contribution in [0, 0.1) is 0 Å². The molecule has 1 aliphatic rings. The third-order valence-electron chi connectivity index (χ3n) is 4.15. The molecule has 0 aromatic carbocycles. The summed E-state index contributed by atoms with van der Waals surface area (Å²) in [5.41, 5.74) is 1.87. The number of nitrogens with zero attached hydrogens (tertiary/aromatic N) is 3. The maximum atomic E-state index is 12.2. The van der Waals surface area contributed by atoms with Gasteiger partial charge in [0.1, 0.15) is 0 Å². The first-order chi connectivity index (χ1) is 11.3. The van der Waals surface area contributed by atoms with Crippen molar-refractivity contribution in [1.82, 2.24) is 25.7 Å². The van der Waals surface area contributed by atoms with Crippen LogP contribution >= 0.6 is 0 Å². The molecule has 0 spiro atoms. The van der Waals surface area contributed by atoms with Gasteiger partial charge in [-0.3, -0.25) is 4.79 Å². The van der Waals surface area contributed by atoms with Crippen molar-refractivity contribution >= 4 is 17.0 Å². The normalized spacial score (nSPS) is 15.9. The number of hydrogen-bond acceptors (Lipinski definition) is 6. The Morgan fingerprint density at radius 1 is 1.43 bits per heavy atom. The van der Waals surface area contributed by atoms with Crippen LogP contribution < -0.4 is 10.6 Å². The zero-order valence-electron chi connectivity index (χ0n) is 13.5. The first-order valence-corrected chi connectivity index (χ1v) is 8.23. The molecule has 7 nitrogen and oxygen atoms in total. The van der Waals surface area contributed by atoms with E-state index >= 15 is 0 Å². The van der Waals surface area contributed by atoms with Crippen LogP contribution in [-0.2, 0) is 6.42 Å². The number of carbonyl (C=O) groups is 1. The first kappa shape index (κ1) is 15.9. The van der Waals surface area contributed by atoms with E-state index in [-0.39, 0.29) is 5.91 Å². The van der Waals surface area contributed by atoms with E-state index in [1.165, 1.54) is 0 Å². The molecule has 0 bridgehead atoms. The predicted molar refractivity (Wildman–Crippen MR) is 87.4 cm³/mol. The molecule has 23 heavy (non-hydrogen) atoms. The van der Waals surface area contributed by atoms with Crippen LogP contribution in [0.2, 0.25) is 0 Å². The summed E-state index contributed by atoms with van der Waals surface area (Å²) in [5, 5.41) is 11.1. The highest BCUT2D eigenvalue weighted by Gasteiger charge is 2.13. The Bertz CT molecular complexity index is 664. The highest BCUT2D eigenvalue weighted by atomic mass is 16.5. The quantitative estimate of drug-likeness (QED) is 0.767. The van der Waals surface area contributed by atoms with E-state index in [4.69, 9.17) is 4.52 Å². The third-order valence-corrected chi connectivity index (χ3v) is 4.15. The fraction of sp³-hybridized carbons (Fsp3) is 0.562. The number of carbonyl (C=O) groups excluding carboxylic acids is 1. The molecule has 0 saturated carbocycles. The van der Waals surface area contributed by atoms with Gasteiger partial charge in [-0.1, -0.05) is 12.1 Å². The topological polar surface area (TPSA) is 83.3 Å². The van der Waals surface area contributed by atoms with E-state index in [1.807, 2.05) is 13.0 Å². The zero-order valence-corrected chi connectivity index (χ0v) is 13.5. The molecular formula is C16H23N5O2. The highest BCUT2D eigenvalue weighted by Crippen LogP contribution is 2.18. The maximum Gasteiger partial charge on any atom is 0.257 e. The Morgan fingerprint density at radius 2 is 2.26 bits per heavy atom. The molecule has 3 rings (SSSR count). The summed E-state index contributed by atoms with van der Waals surface area (Å²) in [5.74, 6) is -0.0945. The van der Waals surface area contributed by atoms with Crippen LogP contribution in [0.5, 0.6) is 0 Å². The van der Waals surface area contributed by atoms with Gasteiger partial charge in [-0.15, -0.1) is 0 Å². The molecule has 1 aliphatic heterocycles. The fourth-order valence-electron chi connectivity index (χ4n) is 2.80. The number of rotatable bonds is 6. The summed E-state index contributed by atoms with van der Waals surface area (Å²) in [6.07, 6.45) is 3.25. The van der Waals surface area contributed by atoms with Crippen molar-refractivity contribution in [3.63, 3.8) is 0 Å². The van der Waals surface area contributed by atoms with E-state index in [0.717, 1.165) is 56.6 Å². The lowest BCUT2D eigenvalue weighted by Crippen LogP contribution is -2.44. The molecule has 3 heterocycles. The van der Waals surface area contributed by atoms with E-state index < -0.39 is 0 Å². The molecule has 124 valence electrons. The van der Waals surface area contributed by atoms with Crippen molar-refractivity contribution in [2.45, 2.75) is 19.8 Å². The van der Waals surface area contributed by atoms with Crippen LogP contribution in [0.4, 0.5) is 0 Å². The second-order valence-corrected chi connectivity index (χ2v) is 5.76. The molecule has 0 radical (unpaired) electrons. The highest BCUT2D eigenvalue weighted by molar-refractivity contribution is 5.96. The molecule has 2 aromatic heterocycles. The van der Waals surface area contributed by atoms with Crippen LogP contribution in [0.3, 0.4) is 0 Å². The van der Waals surface area contributed by atoms with Gasteiger partial charge in [0.15, 0.2) is 0 Å². The number of hydrogen-bond donors (Lipinski definition) is 2. The molecule has 0 atom stereocenters. The fourth-order valence-corrected chi connectivity index (χ4v) is 2.80. The SMILES string of the molecule is CCc1noc2ncc(C(=O)NCCCN3CCNCC3)cc12. The summed E-state index contributed by atoms with van der Waals surface area (Å²) in [6, 6.07) is 1.81. The lowest BCUT2D eigenvalue weighted by atomic mass is 10.1. The number of fused-ring (bicyclic) bond motifs is 1. The van der Waals surface area contributed by atoms with Crippen molar-refractivity contribution in [2.24, 2.45) is 0 Å². The summed E-state index contributed by atoms with van der Waals surface area (Å²) in [4.78, 5) is 18.8. The van der Waals surface area contributed by atoms with Crippen LogP contribution in [0.1, 0.15) is 29.4 Å². The summed E-state index contributed by atoms with van der Waals surface area (Å²) >= 11 is 0. The number of amides is 1. The third kappa shape index (κ3) is 3.86. The van der Waals surface area contributed by atoms with Crippen molar-refractivity contribution in [2.75, 3.05) is 39.3 Å². The molecule has 0 unspecified atom stereocenters. The van der Waals surface area contributed by atoms with Crippen molar-refractivity contribution in [1.29, 1.82) is 0 Å². The maximum absolute atomic E-state index is 12.2. The Morgan fingerprint density at radius 3 is 3.04 bits per heavy atom. The lowest BCUT2D eigenvalue weighted by molar-refractivity contribution is 0.0951. The van der Waals surface area contributed by atoms with Gasteiger partial charge in [-0.25, -0.2) is 4.98 Å². The summed E-state index contributed by atoms with van der Waals surface area (Å²) in [7, 11) is 0. The minimum Gasteiger partial charge on any atom is -0.352 e. The molecule has 1 amide bonds. The van der Waals surface area contributed by atoms with Gasteiger partial charge in [-0.05, 0) is 25.5 Å². The molecular weight excluding hydrogens is 294 g/mol. The monoisotopic (exact) mass is 317 g/mol. The summed E-state index contributed by atoms with van der Waals surface area (Å²) in [6.45, 7) is 7.97. The standard InChI is InChI=1S/C16H23N5O2/c1-2-14-13-10-12(11-19-16(13)23-20-14)15(22)18-4-3-7-21-8-5-17-6-9-21/h10-11,17H,2-9H2,1H3,(H,18,22). The first-order valence-electron chi connectivity index (χ1n) is 8.23. The van der Waals surface area contributed by atoms with Gasteiger partial charge >= 0.3 is 0 Å². The van der Waals surface area contributed by atoms with E-state index in [1.54, 1.807) is 6.20 Å². The van der Waals surface area contributed by atoms with Crippen LogP contribution in [0.15, 0.2) is 16.8 Å². The number of nitrogens with one attached hydrogen (secondary N) is 2. The molecule has 7 heteroatoms. The zero-order chi connectivity index (χ0) is 16.1. The number of aromatic nitrogens is 2. The minimum atomic E-state index is -0.0945. The summed E-state index contributed by atoms with van der Waals surface area (Å²) < 4.78 is 5.14. The smallest absolute Gasteiger partial charge is 0.257 e. The van der Waals surface area contributed by atoms with Gasteiger partial charge in [-0.2, -0.15) is 0 Å². The number of pyridine rings is 1. The molecule has 2 N–H and O–H groups in total. The van der Waals surface area contributed by atoms with Crippen LogP contribution in [0.25, 0.3) is 11.1 Å². The second kappa shape index (κ2) is 7.52. The van der Waals surface area contributed by atoms with Gasteiger partial charge in [0.2, 0.25) is 0 Å². The van der Waals surface area contributed by atoms with E-state index in [9.17, 15) is 4.79 Å². The van der Waals surface area contributed by atoms with Crippen molar-refractivity contribution in [3.8, 4) is 0 Å². The molecule has 0 aliphatic carbocycles. The molecule has 1 fully saturated rings. The van der Waals surface area contributed by atoms with Gasteiger partial charge < -0.3 is 20.1 Å². The van der Waals surface area contributed by atoms with Crippen molar-refractivity contribution < 1.29 is 9.32 Å². The van der Waals surface area contributed by atoms with Crippen molar-refractivity contribution in [3.05, 3.63) is 23.5 Å². The number of aryl methyl sites for hydroxylation is 1. The van der Waals surface area contributed by atoms with Gasteiger partial charge in [0.05, 0.1) is 16.6 Å². The molecule has 1 saturated heterocycles. The Kier molecular flexibility index (Phi) is 5.19. The lowest BCUT2D eigenvalue weighted by Gasteiger charge is -2.27. The van der Waals surface area contributed by atoms with E-state index in [2.05, 4.69) is 25.7 Å². The van der Waals surface area contributed by atoms with E-state index in [0.29, 0.717) is 17.8 Å². The Balaban J connectivity index is 1.51. The predicted octanol–water partition coefficient (Wildman–Crippen LogP) is 0.810. The Hall–Kier alpha value is -1.99. The second-order valence-electron chi connectivity index (χ2n) is 5.76. The largest absolute Gasteiger partial charge is 0.352 e. The van der Waals surface area contributed by atoms with Gasteiger partial charge in [0, 0.05) is 38.9 Å². The van der Waals surface area contributed by atoms with Gasteiger partial charge in [0.25, 0.3) is 11.6 Å². The minimum absolute atomic E-state index is 0.0945.